The van der Waals surface area contributed by atoms with Crippen molar-refractivity contribution in [2.75, 3.05) is 0 Å². The summed E-state index contributed by atoms with van der Waals surface area (Å²) in [5, 5.41) is 10.3. The van der Waals surface area contributed by atoms with E-state index < -0.39 is 0 Å². The molecule has 0 radical (unpaired) electrons. The van der Waals surface area contributed by atoms with Gasteiger partial charge in [-0.15, -0.1) is 0 Å². The van der Waals surface area contributed by atoms with Gasteiger partial charge in [-0.25, -0.2) is 0 Å². The average Bonchev–Trinajstić information content (AvgIpc) is 2.85. The van der Waals surface area contributed by atoms with Crippen LogP contribution < -0.4 is 0 Å². The van der Waals surface area contributed by atoms with Gasteiger partial charge in [0.2, 0.25) is 0 Å². The number of carbonyl (C=O) groups is 1. The second-order valence-corrected chi connectivity index (χ2v) is 9.07. The number of aliphatic hydroxyl groups is 1. The molecule has 2 nitrogen and oxygen atoms in total. The molecule has 0 saturated heterocycles. The van der Waals surface area contributed by atoms with Gasteiger partial charge in [0.05, 0.1) is 6.10 Å². The molecule has 0 spiro atoms. The van der Waals surface area contributed by atoms with Crippen LogP contribution >= 0.6 is 0 Å². The van der Waals surface area contributed by atoms with Gasteiger partial charge >= 0.3 is 0 Å². The zero-order valence-corrected chi connectivity index (χ0v) is 14.7. The monoisotopic (exact) mass is 314 g/mol. The summed E-state index contributed by atoms with van der Waals surface area (Å²) in [6.45, 7) is 6.80. The summed E-state index contributed by atoms with van der Waals surface area (Å²) in [6, 6.07) is 0. The number of allylic oxidation sites excluding steroid dienone is 4. The van der Waals surface area contributed by atoms with Gasteiger partial charge in [-0.2, -0.15) is 0 Å². The lowest BCUT2D eigenvalue weighted by molar-refractivity contribution is -0.111. The SMILES string of the molecule is C[C@@H](O)[C@@H]1CC[C@@H]2[C@H]3CCC4=CC(=O)C=C[C@]4(C)[C@@H]3CC[C@]21C. The first kappa shape index (κ1) is 15.6. The summed E-state index contributed by atoms with van der Waals surface area (Å²) < 4.78 is 0. The molecule has 1 N–H and O–H groups in total. The van der Waals surface area contributed by atoms with Crippen LogP contribution in [-0.2, 0) is 4.79 Å². The number of hydrogen-bond donors (Lipinski definition) is 1. The fraction of sp³-hybridized carbons (Fsp3) is 0.762. The Morgan fingerprint density at radius 1 is 1.17 bits per heavy atom. The van der Waals surface area contributed by atoms with E-state index in [4.69, 9.17) is 0 Å². The van der Waals surface area contributed by atoms with Crippen molar-refractivity contribution in [2.45, 2.75) is 65.4 Å². The smallest absolute Gasteiger partial charge is 0.178 e. The maximum absolute atomic E-state index is 11.8. The highest BCUT2D eigenvalue weighted by Crippen LogP contribution is 2.66. The molecule has 0 aromatic rings. The fourth-order valence-corrected chi connectivity index (χ4v) is 7.03. The molecule has 7 atom stereocenters. The average molecular weight is 314 g/mol. The van der Waals surface area contributed by atoms with Crippen LogP contribution in [0.5, 0.6) is 0 Å². The molecular weight excluding hydrogens is 284 g/mol. The van der Waals surface area contributed by atoms with Crippen molar-refractivity contribution in [3.8, 4) is 0 Å². The first-order chi connectivity index (χ1) is 10.9. The van der Waals surface area contributed by atoms with Crippen molar-refractivity contribution in [1.29, 1.82) is 0 Å². The van der Waals surface area contributed by atoms with Gasteiger partial charge in [-0.05, 0) is 86.7 Å². The maximum Gasteiger partial charge on any atom is 0.178 e. The molecule has 4 aliphatic carbocycles. The molecule has 3 saturated carbocycles. The van der Waals surface area contributed by atoms with E-state index in [1.165, 1.54) is 37.7 Å². The van der Waals surface area contributed by atoms with Crippen LogP contribution in [0.3, 0.4) is 0 Å². The molecule has 0 aliphatic heterocycles. The number of fused-ring (bicyclic) bond motifs is 5. The highest BCUT2D eigenvalue weighted by Gasteiger charge is 2.58. The Bertz CT molecular complexity index is 587. The first-order valence-electron chi connectivity index (χ1n) is 9.48. The molecule has 2 heteroatoms. The summed E-state index contributed by atoms with van der Waals surface area (Å²) in [7, 11) is 0. The van der Waals surface area contributed by atoms with Crippen molar-refractivity contribution in [3.05, 3.63) is 23.8 Å². The van der Waals surface area contributed by atoms with Gasteiger partial charge in [0.15, 0.2) is 5.78 Å². The standard InChI is InChI=1S/C21H30O2/c1-13(22)17-6-7-18-16-5-4-14-12-15(23)8-10-20(14,2)19(16)9-11-21(17,18)3/h8,10,12-13,16-19,22H,4-7,9,11H2,1-3H3/t13-,16-,17+,18-,19-,20+,21+/m1/s1. The van der Waals surface area contributed by atoms with Crippen LogP contribution in [-0.4, -0.2) is 17.0 Å². The Morgan fingerprint density at radius 3 is 2.70 bits per heavy atom. The van der Waals surface area contributed by atoms with Crippen LogP contribution in [0.2, 0.25) is 0 Å². The van der Waals surface area contributed by atoms with Gasteiger partial charge < -0.3 is 5.11 Å². The van der Waals surface area contributed by atoms with Crippen molar-refractivity contribution < 1.29 is 9.90 Å². The van der Waals surface area contributed by atoms with E-state index in [1.54, 1.807) is 6.08 Å². The Labute approximate surface area is 140 Å². The lowest BCUT2D eigenvalue weighted by atomic mass is 9.47. The molecule has 4 rings (SSSR count). The zero-order valence-electron chi connectivity index (χ0n) is 14.7. The molecule has 0 aromatic heterocycles. The van der Waals surface area contributed by atoms with E-state index in [1.807, 2.05) is 13.0 Å². The number of ketones is 1. The Kier molecular flexibility index (Phi) is 3.43. The van der Waals surface area contributed by atoms with E-state index in [2.05, 4.69) is 19.9 Å². The minimum atomic E-state index is -0.177. The van der Waals surface area contributed by atoms with Crippen LogP contribution in [0.25, 0.3) is 0 Å². The van der Waals surface area contributed by atoms with Crippen LogP contribution in [0, 0.1) is 34.5 Å². The van der Waals surface area contributed by atoms with E-state index >= 15 is 0 Å². The van der Waals surface area contributed by atoms with Crippen molar-refractivity contribution in [2.24, 2.45) is 34.5 Å². The second kappa shape index (κ2) is 5.05. The lowest BCUT2D eigenvalue weighted by Crippen LogP contribution is -2.50. The molecule has 0 aromatic carbocycles. The zero-order chi connectivity index (χ0) is 16.4. The number of aliphatic hydroxyl groups excluding tert-OH is 1. The number of rotatable bonds is 1. The highest BCUT2D eigenvalue weighted by molar-refractivity contribution is 6.01. The molecule has 0 amide bonds. The van der Waals surface area contributed by atoms with Crippen molar-refractivity contribution in [1.82, 2.24) is 0 Å². The van der Waals surface area contributed by atoms with Gasteiger partial charge in [0.25, 0.3) is 0 Å². The van der Waals surface area contributed by atoms with Gasteiger partial charge in [0, 0.05) is 5.41 Å². The molecule has 0 bridgehead atoms. The predicted molar refractivity (Wildman–Crippen MR) is 91.8 cm³/mol. The third kappa shape index (κ3) is 2.06. The third-order valence-corrected chi connectivity index (χ3v) is 8.21. The largest absolute Gasteiger partial charge is 0.393 e. The van der Waals surface area contributed by atoms with E-state index in [0.717, 1.165) is 18.3 Å². The normalized spacial score (nSPS) is 49.9. The number of carbonyl (C=O) groups excluding carboxylic acids is 1. The van der Waals surface area contributed by atoms with Crippen molar-refractivity contribution >= 4 is 5.78 Å². The van der Waals surface area contributed by atoms with E-state index in [0.29, 0.717) is 17.3 Å². The van der Waals surface area contributed by atoms with E-state index in [9.17, 15) is 9.90 Å². The number of hydrogen-bond acceptors (Lipinski definition) is 2. The topological polar surface area (TPSA) is 37.3 Å². The minimum absolute atomic E-state index is 0.0983. The molecule has 0 unspecified atom stereocenters. The minimum Gasteiger partial charge on any atom is -0.393 e. The Hall–Kier alpha value is -0.890. The van der Waals surface area contributed by atoms with Gasteiger partial charge in [0.1, 0.15) is 0 Å². The Balaban J connectivity index is 1.67. The molecule has 126 valence electrons. The summed E-state index contributed by atoms with van der Waals surface area (Å²) in [4.78, 5) is 11.8. The molecule has 4 aliphatic rings. The van der Waals surface area contributed by atoms with Crippen molar-refractivity contribution in [3.63, 3.8) is 0 Å². The van der Waals surface area contributed by atoms with Crippen LogP contribution in [0.1, 0.15) is 59.3 Å². The summed E-state index contributed by atoms with van der Waals surface area (Å²) in [6.07, 6.45) is 13.0. The van der Waals surface area contributed by atoms with Gasteiger partial charge in [-0.3, -0.25) is 4.79 Å². The maximum atomic E-state index is 11.8. The highest BCUT2D eigenvalue weighted by atomic mass is 16.3. The fourth-order valence-electron chi connectivity index (χ4n) is 7.03. The second-order valence-electron chi connectivity index (χ2n) is 9.07. The summed E-state index contributed by atoms with van der Waals surface area (Å²) in [5.41, 5.74) is 1.79. The molecule has 0 heterocycles. The first-order valence-corrected chi connectivity index (χ1v) is 9.48. The molecule has 23 heavy (non-hydrogen) atoms. The van der Waals surface area contributed by atoms with Crippen LogP contribution in [0.15, 0.2) is 23.8 Å². The summed E-state index contributed by atoms with van der Waals surface area (Å²) >= 11 is 0. The third-order valence-electron chi connectivity index (χ3n) is 8.21. The predicted octanol–water partition coefficient (Wildman–Crippen LogP) is 4.29. The molecular formula is C21H30O2. The molecule has 3 fully saturated rings. The quantitative estimate of drug-likeness (QED) is 0.784. The van der Waals surface area contributed by atoms with Gasteiger partial charge in [-0.1, -0.05) is 25.5 Å². The van der Waals surface area contributed by atoms with E-state index in [-0.39, 0.29) is 17.3 Å². The Morgan fingerprint density at radius 2 is 1.96 bits per heavy atom. The summed E-state index contributed by atoms with van der Waals surface area (Å²) in [5.74, 6) is 2.84. The lowest BCUT2D eigenvalue weighted by Gasteiger charge is -2.57. The van der Waals surface area contributed by atoms with Crippen LogP contribution in [0.4, 0.5) is 0 Å².